The van der Waals surface area contributed by atoms with E-state index in [0.717, 1.165) is 25.3 Å². The summed E-state index contributed by atoms with van der Waals surface area (Å²) in [6, 6.07) is 5.76. The molecule has 0 unspecified atom stereocenters. The molecule has 0 spiro atoms. The van der Waals surface area contributed by atoms with Gasteiger partial charge in [0.2, 0.25) is 0 Å². The molecule has 1 aromatic heterocycles. The normalized spacial score (nSPS) is 19.2. The summed E-state index contributed by atoms with van der Waals surface area (Å²) in [6.45, 7) is 7.30. The molecule has 4 heteroatoms. The third-order valence-corrected chi connectivity index (χ3v) is 2.80. The molecule has 0 aliphatic carbocycles. The van der Waals surface area contributed by atoms with Gasteiger partial charge >= 0.3 is 0 Å². The lowest BCUT2D eigenvalue weighted by atomic mass is 10.0. The van der Waals surface area contributed by atoms with Crippen LogP contribution in [0.25, 0.3) is 0 Å². The molecule has 2 rings (SSSR count). The first kappa shape index (κ1) is 10.9. The van der Waals surface area contributed by atoms with Crippen molar-refractivity contribution in [2.45, 2.75) is 19.4 Å². The molecule has 1 aliphatic heterocycles. The monoisotopic (exact) mass is 216 g/mol. The van der Waals surface area contributed by atoms with E-state index in [1.807, 2.05) is 12.1 Å². The number of aromatic nitrogens is 1. The van der Waals surface area contributed by atoms with Crippen molar-refractivity contribution < 1.29 is 0 Å². The van der Waals surface area contributed by atoms with Gasteiger partial charge in [0.05, 0.1) is 11.9 Å². The minimum atomic E-state index is 0.131. The molecule has 1 aromatic rings. The zero-order valence-electron chi connectivity index (χ0n) is 9.70. The molecule has 84 valence electrons. The van der Waals surface area contributed by atoms with E-state index in [-0.39, 0.29) is 5.54 Å². The Bertz CT molecular complexity index is 402. The van der Waals surface area contributed by atoms with Crippen LogP contribution in [-0.4, -0.2) is 30.2 Å². The standard InChI is InChI=1S/C12H16N4/c1-12(2)9-16(6-5-15-12)11-4-3-10(7-13)14-8-11/h3-4,8,15H,5-6,9H2,1-2H3. The Balaban J connectivity index is 2.15. The Labute approximate surface area is 95.9 Å². The predicted molar refractivity (Wildman–Crippen MR) is 63.2 cm³/mol. The fraction of sp³-hybridized carbons (Fsp3) is 0.500. The number of hydrogen-bond donors (Lipinski definition) is 1. The zero-order chi connectivity index (χ0) is 11.6. The predicted octanol–water partition coefficient (Wildman–Crippen LogP) is 1.14. The van der Waals surface area contributed by atoms with E-state index in [0.29, 0.717) is 5.69 Å². The van der Waals surface area contributed by atoms with Crippen LogP contribution in [0.5, 0.6) is 0 Å². The molecule has 0 saturated carbocycles. The third-order valence-electron chi connectivity index (χ3n) is 2.80. The largest absolute Gasteiger partial charge is 0.367 e. The second-order valence-electron chi connectivity index (χ2n) is 4.75. The SMILES string of the molecule is CC1(C)CN(c2ccc(C#N)nc2)CCN1. The van der Waals surface area contributed by atoms with Crippen LogP contribution in [0.1, 0.15) is 19.5 Å². The smallest absolute Gasteiger partial charge is 0.140 e. The van der Waals surface area contributed by atoms with Crippen molar-refractivity contribution in [2.24, 2.45) is 0 Å². The van der Waals surface area contributed by atoms with Gasteiger partial charge < -0.3 is 10.2 Å². The Morgan fingerprint density at radius 2 is 2.31 bits per heavy atom. The lowest BCUT2D eigenvalue weighted by Gasteiger charge is -2.40. The lowest BCUT2D eigenvalue weighted by molar-refractivity contribution is 0.353. The van der Waals surface area contributed by atoms with Crippen LogP contribution in [0.4, 0.5) is 5.69 Å². The van der Waals surface area contributed by atoms with Crippen molar-refractivity contribution >= 4 is 5.69 Å². The maximum absolute atomic E-state index is 8.69. The highest BCUT2D eigenvalue weighted by molar-refractivity contribution is 5.46. The molecule has 0 amide bonds. The summed E-state index contributed by atoms with van der Waals surface area (Å²) in [5.41, 5.74) is 1.69. The van der Waals surface area contributed by atoms with E-state index >= 15 is 0 Å². The van der Waals surface area contributed by atoms with Gasteiger partial charge in [0.25, 0.3) is 0 Å². The molecule has 1 aliphatic rings. The van der Waals surface area contributed by atoms with Crippen molar-refractivity contribution in [3.05, 3.63) is 24.0 Å². The highest BCUT2D eigenvalue weighted by Crippen LogP contribution is 2.18. The van der Waals surface area contributed by atoms with Crippen molar-refractivity contribution in [3.63, 3.8) is 0 Å². The van der Waals surface area contributed by atoms with Gasteiger partial charge in [-0.3, -0.25) is 0 Å². The third kappa shape index (κ3) is 2.31. The number of piperazine rings is 1. The van der Waals surface area contributed by atoms with Crippen LogP contribution < -0.4 is 10.2 Å². The highest BCUT2D eigenvalue weighted by atomic mass is 15.2. The minimum Gasteiger partial charge on any atom is -0.367 e. The average molecular weight is 216 g/mol. The number of pyridine rings is 1. The lowest BCUT2D eigenvalue weighted by Crippen LogP contribution is -2.57. The quantitative estimate of drug-likeness (QED) is 0.765. The molecule has 1 N–H and O–H groups in total. The molecule has 0 aromatic carbocycles. The van der Waals surface area contributed by atoms with E-state index in [9.17, 15) is 0 Å². The second-order valence-corrected chi connectivity index (χ2v) is 4.75. The van der Waals surface area contributed by atoms with Gasteiger partial charge in [-0.1, -0.05) is 0 Å². The average Bonchev–Trinajstić information content (AvgIpc) is 2.28. The summed E-state index contributed by atoms with van der Waals surface area (Å²) >= 11 is 0. The minimum absolute atomic E-state index is 0.131. The number of rotatable bonds is 1. The molecule has 0 bridgehead atoms. The molecule has 0 atom stereocenters. The van der Waals surface area contributed by atoms with E-state index in [2.05, 4.69) is 29.0 Å². The Hall–Kier alpha value is -1.60. The van der Waals surface area contributed by atoms with E-state index < -0.39 is 0 Å². The van der Waals surface area contributed by atoms with Gasteiger partial charge in [0.15, 0.2) is 0 Å². The Kier molecular flexibility index (Phi) is 2.80. The summed E-state index contributed by atoms with van der Waals surface area (Å²) in [6.07, 6.45) is 1.78. The Morgan fingerprint density at radius 1 is 1.50 bits per heavy atom. The maximum Gasteiger partial charge on any atom is 0.140 e. The van der Waals surface area contributed by atoms with Crippen LogP contribution in [0.15, 0.2) is 18.3 Å². The number of nitrogens with one attached hydrogen (secondary N) is 1. The molecule has 1 saturated heterocycles. The molecular weight excluding hydrogens is 200 g/mol. The highest BCUT2D eigenvalue weighted by Gasteiger charge is 2.25. The number of anilines is 1. The molecule has 0 radical (unpaired) electrons. The first-order chi connectivity index (χ1) is 7.61. The summed E-state index contributed by atoms with van der Waals surface area (Å²) in [5, 5.41) is 12.2. The Morgan fingerprint density at radius 3 is 2.88 bits per heavy atom. The molecule has 16 heavy (non-hydrogen) atoms. The van der Waals surface area contributed by atoms with Crippen molar-refractivity contribution in [1.82, 2.24) is 10.3 Å². The first-order valence-electron chi connectivity index (χ1n) is 5.47. The van der Waals surface area contributed by atoms with Gasteiger partial charge in [-0.25, -0.2) is 4.98 Å². The van der Waals surface area contributed by atoms with Gasteiger partial charge in [0.1, 0.15) is 11.8 Å². The van der Waals surface area contributed by atoms with Crippen LogP contribution in [0.2, 0.25) is 0 Å². The second kappa shape index (κ2) is 4.11. The molecule has 2 heterocycles. The van der Waals surface area contributed by atoms with Crippen LogP contribution in [0.3, 0.4) is 0 Å². The fourth-order valence-electron chi connectivity index (χ4n) is 2.00. The van der Waals surface area contributed by atoms with Crippen molar-refractivity contribution in [2.75, 3.05) is 24.5 Å². The van der Waals surface area contributed by atoms with E-state index in [4.69, 9.17) is 5.26 Å². The van der Waals surface area contributed by atoms with Crippen LogP contribution in [-0.2, 0) is 0 Å². The fourth-order valence-corrected chi connectivity index (χ4v) is 2.00. The molecule has 1 fully saturated rings. The van der Waals surface area contributed by atoms with Crippen molar-refractivity contribution in [3.8, 4) is 6.07 Å². The summed E-state index contributed by atoms with van der Waals surface area (Å²) in [7, 11) is 0. The van der Waals surface area contributed by atoms with E-state index in [1.165, 1.54) is 0 Å². The van der Waals surface area contributed by atoms with Gasteiger partial charge in [-0.05, 0) is 26.0 Å². The summed E-state index contributed by atoms with van der Waals surface area (Å²) in [4.78, 5) is 6.39. The summed E-state index contributed by atoms with van der Waals surface area (Å²) < 4.78 is 0. The number of nitriles is 1. The van der Waals surface area contributed by atoms with E-state index in [1.54, 1.807) is 12.3 Å². The van der Waals surface area contributed by atoms with Gasteiger partial charge in [-0.15, -0.1) is 0 Å². The first-order valence-corrected chi connectivity index (χ1v) is 5.47. The van der Waals surface area contributed by atoms with Gasteiger partial charge in [0, 0.05) is 25.2 Å². The van der Waals surface area contributed by atoms with Crippen molar-refractivity contribution in [1.29, 1.82) is 5.26 Å². The van der Waals surface area contributed by atoms with Crippen LogP contribution >= 0.6 is 0 Å². The van der Waals surface area contributed by atoms with Gasteiger partial charge in [-0.2, -0.15) is 5.26 Å². The number of hydrogen-bond acceptors (Lipinski definition) is 4. The maximum atomic E-state index is 8.69. The zero-order valence-corrected chi connectivity index (χ0v) is 9.70. The summed E-state index contributed by atoms with van der Waals surface area (Å²) in [5.74, 6) is 0. The topological polar surface area (TPSA) is 52.0 Å². The number of nitrogens with zero attached hydrogens (tertiary/aromatic N) is 3. The van der Waals surface area contributed by atoms with Crippen LogP contribution in [0, 0.1) is 11.3 Å². The molecular formula is C12H16N4. The molecule has 4 nitrogen and oxygen atoms in total.